The van der Waals surface area contributed by atoms with E-state index in [2.05, 4.69) is 28.6 Å². The van der Waals surface area contributed by atoms with E-state index in [1.165, 1.54) is 38.0 Å². The minimum atomic E-state index is 0.886. The van der Waals surface area contributed by atoms with E-state index in [9.17, 15) is 0 Å². The van der Waals surface area contributed by atoms with Crippen LogP contribution in [0.15, 0.2) is 12.4 Å². The molecule has 1 aliphatic rings. The third kappa shape index (κ3) is 3.32. The van der Waals surface area contributed by atoms with Crippen molar-refractivity contribution in [2.24, 2.45) is 13.0 Å². The molecule has 1 fully saturated rings. The molecular formula is C12H22N4. The molecule has 0 amide bonds. The van der Waals surface area contributed by atoms with Crippen molar-refractivity contribution in [3.63, 3.8) is 0 Å². The van der Waals surface area contributed by atoms with Gasteiger partial charge in [0.2, 0.25) is 0 Å². The topological polar surface area (TPSA) is 33.1 Å². The number of nitrogens with one attached hydrogen (secondary N) is 1. The molecule has 0 aromatic carbocycles. The third-order valence-corrected chi connectivity index (χ3v) is 3.29. The van der Waals surface area contributed by atoms with Crippen LogP contribution in [0.3, 0.4) is 0 Å². The molecule has 0 spiro atoms. The second kappa shape index (κ2) is 5.46. The van der Waals surface area contributed by atoms with Crippen LogP contribution in [-0.4, -0.2) is 41.4 Å². The molecule has 1 atom stereocenters. The number of hydrogen-bond donors (Lipinski definition) is 1. The number of aryl methyl sites for hydroxylation is 1. The molecule has 1 unspecified atom stereocenters. The van der Waals surface area contributed by atoms with Gasteiger partial charge in [0.1, 0.15) is 0 Å². The zero-order valence-electron chi connectivity index (χ0n) is 10.3. The Kier molecular flexibility index (Phi) is 3.96. The molecule has 1 N–H and O–H groups in total. The summed E-state index contributed by atoms with van der Waals surface area (Å²) in [6.07, 6.45) is 6.70. The maximum Gasteiger partial charge on any atom is 0.0534 e. The van der Waals surface area contributed by atoms with Crippen LogP contribution in [-0.2, 0) is 13.6 Å². The van der Waals surface area contributed by atoms with Crippen molar-refractivity contribution < 1.29 is 0 Å². The summed E-state index contributed by atoms with van der Waals surface area (Å²) in [4.78, 5) is 2.38. The molecule has 2 heterocycles. The third-order valence-electron chi connectivity index (χ3n) is 3.29. The summed E-state index contributed by atoms with van der Waals surface area (Å²) in [5.74, 6) is 0.886. The summed E-state index contributed by atoms with van der Waals surface area (Å²) in [6, 6.07) is 0. The lowest BCUT2D eigenvalue weighted by Crippen LogP contribution is -2.22. The summed E-state index contributed by atoms with van der Waals surface area (Å²) in [7, 11) is 4.16. The predicted molar refractivity (Wildman–Crippen MR) is 65.1 cm³/mol. The summed E-state index contributed by atoms with van der Waals surface area (Å²) in [5.41, 5.74) is 1.30. The van der Waals surface area contributed by atoms with E-state index in [0.29, 0.717) is 0 Å². The SMILES string of the molecule is CN(CCC1CCNC1)Cc1cnn(C)c1. The van der Waals surface area contributed by atoms with Gasteiger partial charge in [-0.2, -0.15) is 5.10 Å². The molecule has 4 nitrogen and oxygen atoms in total. The summed E-state index contributed by atoms with van der Waals surface area (Å²) in [6.45, 7) is 4.60. The lowest BCUT2D eigenvalue weighted by Gasteiger charge is -2.17. The Bertz CT molecular complexity index is 315. The molecule has 0 radical (unpaired) electrons. The zero-order valence-corrected chi connectivity index (χ0v) is 10.3. The fraction of sp³-hybridized carbons (Fsp3) is 0.750. The van der Waals surface area contributed by atoms with Crippen LogP contribution in [0.2, 0.25) is 0 Å². The van der Waals surface area contributed by atoms with Crippen molar-refractivity contribution >= 4 is 0 Å². The molecule has 1 aromatic rings. The molecule has 4 heteroatoms. The van der Waals surface area contributed by atoms with Gasteiger partial charge in [0.05, 0.1) is 6.20 Å². The normalized spacial score (nSPS) is 20.8. The number of rotatable bonds is 5. The molecule has 90 valence electrons. The van der Waals surface area contributed by atoms with Crippen LogP contribution < -0.4 is 5.32 Å². The van der Waals surface area contributed by atoms with Gasteiger partial charge in [-0.3, -0.25) is 4.68 Å². The maximum atomic E-state index is 4.19. The Morgan fingerprint density at radius 3 is 3.12 bits per heavy atom. The molecular weight excluding hydrogens is 200 g/mol. The van der Waals surface area contributed by atoms with Gasteiger partial charge < -0.3 is 10.2 Å². The van der Waals surface area contributed by atoms with Crippen LogP contribution in [0.4, 0.5) is 0 Å². The van der Waals surface area contributed by atoms with Crippen LogP contribution >= 0.6 is 0 Å². The second-order valence-electron chi connectivity index (χ2n) is 4.91. The van der Waals surface area contributed by atoms with Gasteiger partial charge in [0.15, 0.2) is 0 Å². The lowest BCUT2D eigenvalue weighted by atomic mass is 10.1. The second-order valence-corrected chi connectivity index (χ2v) is 4.91. The molecule has 0 saturated carbocycles. The van der Waals surface area contributed by atoms with Gasteiger partial charge in [-0.25, -0.2) is 0 Å². The first kappa shape index (κ1) is 11.6. The Morgan fingerprint density at radius 1 is 1.62 bits per heavy atom. The Labute approximate surface area is 97.6 Å². The van der Waals surface area contributed by atoms with Gasteiger partial charge in [0.25, 0.3) is 0 Å². The maximum absolute atomic E-state index is 4.19. The molecule has 1 aliphatic heterocycles. The molecule has 16 heavy (non-hydrogen) atoms. The van der Waals surface area contributed by atoms with Crippen molar-refractivity contribution in [2.45, 2.75) is 19.4 Å². The average Bonchev–Trinajstić information content (AvgIpc) is 2.87. The van der Waals surface area contributed by atoms with Crippen LogP contribution in [0, 0.1) is 5.92 Å². The first-order valence-corrected chi connectivity index (χ1v) is 6.11. The Hall–Kier alpha value is -0.870. The Morgan fingerprint density at radius 2 is 2.50 bits per heavy atom. The van der Waals surface area contributed by atoms with E-state index in [-0.39, 0.29) is 0 Å². The highest BCUT2D eigenvalue weighted by Gasteiger charge is 2.14. The van der Waals surface area contributed by atoms with E-state index < -0.39 is 0 Å². The van der Waals surface area contributed by atoms with Crippen molar-refractivity contribution in [1.82, 2.24) is 20.0 Å². The highest BCUT2D eigenvalue weighted by atomic mass is 15.2. The van der Waals surface area contributed by atoms with Crippen LogP contribution in [0.5, 0.6) is 0 Å². The highest BCUT2D eigenvalue weighted by molar-refractivity contribution is 5.02. The highest BCUT2D eigenvalue weighted by Crippen LogP contribution is 2.13. The summed E-state index contributed by atoms with van der Waals surface area (Å²) in [5, 5.41) is 7.60. The lowest BCUT2D eigenvalue weighted by molar-refractivity contribution is 0.298. The molecule has 0 bridgehead atoms. The van der Waals surface area contributed by atoms with Gasteiger partial charge in [0, 0.05) is 25.4 Å². The average molecular weight is 222 g/mol. The minimum Gasteiger partial charge on any atom is -0.316 e. The van der Waals surface area contributed by atoms with Crippen LogP contribution in [0.25, 0.3) is 0 Å². The predicted octanol–water partition coefficient (Wildman–Crippen LogP) is 0.851. The van der Waals surface area contributed by atoms with Crippen molar-refractivity contribution in [2.75, 3.05) is 26.7 Å². The largest absolute Gasteiger partial charge is 0.316 e. The number of aromatic nitrogens is 2. The quantitative estimate of drug-likeness (QED) is 0.802. The number of hydrogen-bond acceptors (Lipinski definition) is 3. The van der Waals surface area contributed by atoms with E-state index in [1.807, 2.05) is 17.9 Å². The molecule has 1 saturated heterocycles. The van der Waals surface area contributed by atoms with Gasteiger partial charge in [-0.1, -0.05) is 0 Å². The first-order chi connectivity index (χ1) is 7.74. The van der Waals surface area contributed by atoms with Crippen molar-refractivity contribution in [3.8, 4) is 0 Å². The van der Waals surface area contributed by atoms with Crippen molar-refractivity contribution in [1.29, 1.82) is 0 Å². The standard InChI is InChI=1S/C12H22N4/c1-15(6-4-11-3-5-13-7-11)9-12-8-14-16(2)10-12/h8,10-11,13H,3-7,9H2,1-2H3. The van der Waals surface area contributed by atoms with E-state index in [0.717, 1.165) is 12.5 Å². The Balaban J connectivity index is 1.69. The first-order valence-electron chi connectivity index (χ1n) is 6.11. The fourth-order valence-electron chi connectivity index (χ4n) is 2.31. The van der Waals surface area contributed by atoms with E-state index >= 15 is 0 Å². The molecule has 1 aromatic heterocycles. The smallest absolute Gasteiger partial charge is 0.0534 e. The van der Waals surface area contributed by atoms with E-state index in [4.69, 9.17) is 0 Å². The zero-order chi connectivity index (χ0) is 11.4. The van der Waals surface area contributed by atoms with Gasteiger partial charge in [-0.15, -0.1) is 0 Å². The minimum absolute atomic E-state index is 0.886. The van der Waals surface area contributed by atoms with E-state index in [1.54, 1.807) is 0 Å². The van der Waals surface area contributed by atoms with Crippen molar-refractivity contribution in [3.05, 3.63) is 18.0 Å². The summed E-state index contributed by atoms with van der Waals surface area (Å²) >= 11 is 0. The fourth-order valence-corrected chi connectivity index (χ4v) is 2.31. The van der Waals surface area contributed by atoms with Crippen LogP contribution in [0.1, 0.15) is 18.4 Å². The van der Waals surface area contributed by atoms with Gasteiger partial charge >= 0.3 is 0 Å². The summed E-state index contributed by atoms with van der Waals surface area (Å²) < 4.78 is 1.87. The molecule has 2 rings (SSSR count). The monoisotopic (exact) mass is 222 g/mol. The molecule has 0 aliphatic carbocycles. The van der Waals surface area contributed by atoms with Gasteiger partial charge in [-0.05, 0) is 45.4 Å². The number of nitrogens with zero attached hydrogens (tertiary/aromatic N) is 3.